The molecule has 0 aliphatic rings. The van der Waals surface area contributed by atoms with Gasteiger partial charge in [-0.25, -0.2) is 8.78 Å². The minimum absolute atomic E-state index is 0.0145. The maximum absolute atomic E-state index is 13.9. The van der Waals surface area contributed by atoms with Crippen LogP contribution in [-0.2, 0) is 0 Å². The number of nitrogens with zero attached hydrogens (tertiary/aromatic N) is 1. The van der Waals surface area contributed by atoms with Crippen LogP contribution in [0.5, 0.6) is 0 Å². The van der Waals surface area contributed by atoms with Crippen molar-refractivity contribution in [2.75, 3.05) is 0 Å². The SMILES string of the molecule is C=C(F)CCC(C)(F)/N=C\C=C/C(C)c1ccc(Cl)cc1. The number of allylic oxidation sites excluding steroid dienone is 3. The zero-order chi connectivity index (χ0) is 15.9. The summed E-state index contributed by atoms with van der Waals surface area (Å²) >= 11 is 5.83. The van der Waals surface area contributed by atoms with Crippen LogP contribution >= 0.6 is 11.6 Å². The van der Waals surface area contributed by atoms with Crippen molar-refractivity contribution in [3.63, 3.8) is 0 Å². The highest BCUT2D eigenvalue weighted by Crippen LogP contribution is 2.22. The lowest BCUT2D eigenvalue weighted by Gasteiger charge is -2.13. The lowest BCUT2D eigenvalue weighted by Crippen LogP contribution is -2.14. The lowest BCUT2D eigenvalue weighted by atomic mass is 10.0. The fraction of sp³-hybridized carbons (Fsp3) is 0.353. The van der Waals surface area contributed by atoms with Crippen molar-refractivity contribution >= 4 is 17.8 Å². The zero-order valence-corrected chi connectivity index (χ0v) is 13.1. The summed E-state index contributed by atoms with van der Waals surface area (Å²) in [5.74, 6) is -2.13. The fourth-order valence-electron chi connectivity index (χ4n) is 1.72. The molecular weight excluding hydrogens is 292 g/mol. The van der Waals surface area contributed by atoms with Gasteiger partial charge in [0.1, 0.15) is 0 Å². The van der Waals surface area contributed by atoms with E-state index in [1.165, 1.54) is 13.1 Å². The molecule has 0 heterocycles. The average molecular weight is 312 g/mol. The standard InChI is InChI=1S/C17H20ClF2N/c1-13(15-6-8-16(18)9-7-15)5-4-12-21-17(3,20)11-10-14(2)19/h4-9,12-13H,2,10-11H2,1,3H3/b5-4-,21-12-. The van der Waals surface area contributed by atoms with Gasteiger partial charge in [-0.15, -0.1) is 0 Å². The first-order valence-electron chi connectivity index (χ1n) is 6.80. The Morgan fingerprint density at radius 2 is 2.05 bits per heavy atom. The molecule has 1 nitrogen and oxygen atoms in total. The molecule has 1 rings (SSSR count). The molecule has 0 aromatic heterocycles. The van der Waals surface area contributed by atoms with Gasteiger partial charge >= 0.3 is 0 Å². The third-order valence-electron chi connectivity index (χ3n) is 3.08. The zero-order valence-electron chi connectivity index (χ0n) is 12.3. The number of aliphatic imine (C=N–C) groups is 1. The molecule has 2 atom stereocenters. The van der Waals surface area contributed by atoms with E-state index >= 15 is 0 Å². The van der Waals surface area contributed by atoms with Crippen molar-refractivity contribution in [1.82, 2.24) is 0 Å². The number of alkyl halides is 1. The summed E-state index contributed by atoms with van der Waals surface area (Å²) in [6.45, 7) is 6.45. The van der Waals surface area contributed by atoms with Gasteiger partial charge < -0.3 is 0 Å². The van der Waals surface area contributed by atoms with Gasteiger partial charge in [0, 0.05) is 24.1 Å². The molecule has 4 heteroatoms. The van der Waals surface area contributed by atoms with Crippen molar-refractivity contribution in [3.05, 3.63) is 59.4 Å². The number of halogens is 3. The van der Waals surface area contributed by atoms with Crippen molar-refractivity contribution in [2.45, 2.75) is 38.4 Å². The van der Waals surface area contributed by atoms with Crippen molar-refractivity contribution in [3.8, 4) is 0 Å². The van der Waals surface area contributed by atoms with E-state index in [2.05, 4.69) is 11.6 Å². The minimum Gasteiger partial charge on any atom is -0.254 e. The van der Waals surface area contributed by atoms with E-state index in [-0.39, 0.29) is 18.8 Å². The molecule has 0 aliphatic carbocycles. The summed E-state index contributed by atoms with van der Waals surface area (Å²) in [7, 11) is 0. The molecule has 0 aliphatic heterocycles. The molecule has 0 amide bonds. The molecular formula is C17H20ClF2N. The molecule has 0 radical (unpaired) electrons. The van der Waals surface area contributed by atoms with E-state index in [1.54, 1.807) is 6.08 Å². The van der Waals surface area contributed by atoms with Gasteiger partial charge in [0.2, 0.25) is 0 Å². The summed E-state index contributed by atoms with van der Waals surface area (Å²) in [5.41, 5.74) is 1.11. The van der Waals surface area contributed by atoms with Crippen molar-refractivity contribution in [1.29, 1.82) is 0 Å². The second kappa shape index (κ2) is 8.08. The van der Waals surface area contributed by atoms with Crippen molar-refractivity contribution in [2.24, 2.45) is 4.99 Å². The summed E-state index contributed by atoms with van der Waals surface area (Å²) in [5, 5.41) is 0.694. The first-order valence-corrected chi connectivity index (χ1v) is 7.17. The Bertz CT molecular complexity index is 518. The molecule has 1 aromatic carbocycles. The van der Waals surface area contributed by atoms with Gasteiger partial charge in [0.15, 0.2) is 5.79 Å². The van der Waals surface area contributed by atoms with E-state index < -0.39 is 11.6 Å². The van der Waals surface area contributed by atoms with Gasteiger partial charge in [-0.3, -0.25) is 4.99 Å². The monoisotopic (exact) mass is 311 g/mol. The normalized spacial score (nSPS) is 16.2. The van der Waals surface area contributed by atoms with Crippen LogP contribution in [0.25, 0.3) is 0 Å². The van der Waals surface area contributed by atoms with E-state index in [4.69, 9.17) is 11.6 Å². The summed E-state index contributed by atoms with van der Waals surface area (Å²) in [6, 6.07) is 7.55. The summed E-state index contributed by atoms with van der Waals surface area (Å²) in [6.07, 6.45) is 4.99. The Morgan fingerprint density at radius 3 is 2.62 bits per heavy atom. The number of benzene rings is 1. The highest BCUT2D eigenvalue weighted by Gasteiger charge is 2.20. The smallest absolute Gasteiger partial charge is 0.197 e. The summed E-state index contributed by atoms with van der Waals surface area (Å²) in [4.78, 5) is 3.80. The predicted octanol–water partition coefficient (Wildman–Crippen LogP) is 6.02. The van der Waals surface area contributed by atoms with E-state index in [0.29, 0.717) is 5.02 Å². The van der Waals surface area contributed by atoms with Gasteiger partial charge in [0.05, 0.1) is 5.83 Å². The highest BCUT2D eigenvalue weighted by atomic mass is 35.5. The largest absolute Gasteiger partial charge is 0.254 e. The highest BCUT2D eigenvalue weighted by molar-refractivity contribution is 6.30. The molecule has 21 heavy (non-hydrogen) atoms. The lowest BCUT2D eigenvalue weighted by molar-refractivity contribution is 0.186. The molecule has 0 N–H and O–H groups in total. The predicted molar refractivity (Wildman–Crippen MR) is 86.5 cm³/mol. The van der Waals surface area contributed by atoms with Crippen LogP contribution in [-0.4, -0.2) is 12.0 Å². The molecule has 114 valence electrons. The average Bonchev–Trinajstić information content (AvgIpc) is 2.42. The van der Waals surface area contributed by atoms with E-state index in [9.17, 15) is 8.78 Å². The fourth-order valence-corrected chi connectivity index (χ4v) is 1.85. The Kier molecular flexibility index (Phi) is 6.76. The Hall–Kier alpha value is -1.48. The molecule has 0 saturated heterocycles. The van der Waals surface area contributed by atoms with Gasteiger partial charge in [-0.1, -0.05) is 43.3 Å². The topological polar surface area (TPSA) is 12.4 Å². The molecule has 0 bridgehead atoms. The number of hydrogen-bond acceptors (Lipinski definition) is 1. The number of rotatable bonds is 7. The third-order valence-corrected chi connectivity index (χ3v) is 3.33. The van der Waals surface area contributed by atoms with Crippen LogP contribution < -0.4 is 0 Å². The maximum atomic E-state index is 13.9. The molecule has 0 fully saturated rings. The quantitative estimate of drug-likeness (QED) is 0.431. The van der Waals surface area contributed by atoms with Crippen LogP contribution in [0.15, 0.2) is 53.8 Å². The van der Waals surface area contributed by atoms with Crippen LogP contribution in [0.2, 0.25) is 5.02 Å². The van der Waals surface area contributed by atoms with Gasteiger partial charge in [0.25, 0.3) is 0 Å². The van der Waals surface area contributed by atoms with Crippen LogP contribution in [0.1, 0.15) is 38.2 Å². The van der Waals surface area contributed by atoms with E-state index in [1.807, 2.05) is 37.3 Å². The first-order chi connectivity index (χ1) is 9.80. The Labute approximate surface area is 130 Å². The molecule has 0 spiro atoms. The van der Waals surface area contributed by atoms with Gasteiger partial charge in [-0.05, 0) is 36.6 Å². The van der Waals surface area contributed by atoms with Crippen molar-refractivity contribution < 1.29 is 8.78 Å². The Morgan fingerprint density at radius 1 is 1.43 bits per heavy atom. The van der Waals surface area contributed by atoms with Crippen LogP contribution in [0.3, 0.4) is 0 Å². The second-order valence-electron chi connectivity index (χ2n) is 5.16. The molecule has 1 aromatic rings. The van der Waals surface area contributed by atoms with E-state index in [0.717, 1.165) is 5.56 Å². The minimum atomic E-state index is -1.77. The second-order valence-corrected chi connectivity index (χ2v) is 5.60. The van der Waals surface area contributed by atoms with Crippen LogP contribution in [0.4, 0.5) is 8.78 Å². The Balaban J connectivity index is 2.54. The molecule has 0 saturated carbocycles. The van der Waals surface area contributed by atoms with Crippen LogP contribution in [0, 0.1) is 0 Å². The summed E-state index contributed by atoms with van der Waals surface area (Å²) < 4.78 is 26.4. The maximum Gasteiger partial charge on any atom is 0.197 e. The first kappa shape index (κ1) is 17.6. The number of hydrogen-bond donors (Lipinski definition) is 0. The molecule has 2 unspecified atom stereocenters. The van der Waals surface area contributed by atoms with Gasteiger partial charge in [-0.2, -0.15) is 0 Å². The third kappa shape index (κ3) is 7.19.